The first kappa shape index (κ1) is 15.0. The first-order valence-corrected chi connectivity index (χ1v) is 6.73. The molecule has 2 atom stereocenters. The predicted molar refractivity (Wildman–Crippen MR) is 71.1 cm³/mol. The third kappa shape index (κ3) is 3.98. The van der Waals surface area contributed by atoms with Crippen LogP contribution in [-0.2, 0) is 9.59 Å². The molecule has 1 aliphatic rings. The smallest absolute Gasteiger partial charge is 0.243 e. The third-order valence-corrected chi connectivity index (χ3v) is 3.52. The highest BCUT2D eigenvalue weighted by molar-refractivity contribution is 5.89. The summed E-state index contributed by atoms with van der Waals surface area (Å²) in [5.41, 5.74) is 0. The van der Waals surface area contributed by atoms with Crippen molar-refractivity contribution in [2.75, 3.05) is 7.05 Å². The van der Waals surface area contributed by atoms with E-state index in [2.05, 4.69) is 16.0 Å². The summed E-state index contributed by atoms with van der Waals surface area (Å²) in [6.07, 6.45) is 3.29. The molecular weight excluding hydrogens is 230 g/mol. The van der Waals surface area contributed by atoms with E-state index in [0.717, 1.165) is 12.8 Å². The lowest BCUT2D eigenvalue weighted by Gasteiger charge is -2.30. The minimum Gasteiger partial charge on any atom is -0.352 e. The van der Waals surface area contributed by atoms with Gasteiger partial charge in [0.15, 0.2) is 0 Å². The van der Waals surface area contributed by atoms with Gasteiger partial charge in [0, 0.05) is 6.04 Å². The number of hydrogen-bond donors (Lipinski definition) is 3. The zero-order chi connectivity index (χ0) is 13.7. The molecular formula is C13H25N3O2. The van der Waals surface area contributed by atoms with Crippen LogP contribution < -0.4 is 16.0 Å². The Kier molecular flexibility index (Phi) is 5.59. The molecule has 1 saturated carbocycles. The first-order chi connectivity index (χ1) is 8.45. The van der Waals surface area contributed by atoms with Gasteiger partial charge < -0.3 is 16.0 Å². The summed E-state index contributed by atoms with van der Waals surface area (Å²) in [6, 6.07) is -0.436. The van der Waals surface area contributed by atoms with Gasteiger partial charge in [0.2, 0.25) is 11.8 Å². The highest BCUT2D eigenvalue weighted by atomic mass is 16.2. The minimum absolute atomic E-state index is 0.0636. The molecule has 3 N–H and O–H groups in total. The van der Waals surface area contributed by atoms with Gasteiger partial charge in [-0.2, -0.15) is 0 Å². The van der Waals surface area contributed by atoms with Crippen molar-refractivity contribution < 1.29 is 9.59 Å². The van der Waals surface area contributed by atoms with E-state index in [1.54, 1.807) is 14.0 Å². The molecule has 1 fully saturated rings. The largest absolute Gasteiger partial charge is 0.352 e. The van der Waals surface area contributed by atoms with Gasteiger partial charge in [0.1, 0.15) is 6.04 Å². The van der Waals surface area contributed by atoms with E-state index in [1.807, 2.05) is 13.8 Å². The van der Waals surface area contributed by atoms with Gasteiger partial charge in [0.25, 0.3) is 0 Å². The fourth-order valence-electron chi connectivity index (χ4n) is 1.79. The van der Waals surface area contributed by atoms with E-state index in [0.29, 0.717) is 6.04 Å². The third-order valence-electron chi connectivity index (χ3n) is 3.52. The maximum Gasteiger partial charge on any atom is 0.243 e. The average Bonchev–Trinajstić information content (AvgIpc) is 2.28. The number of carbonyl (C=O) groups is 2. The molecule has 104 valence electrons. The molecule has 0 saturated heterocycles. The lowest BCUT2D eigenvalue weighted by molar-refractivity contribution is -0.131. The molecule has 2 amide bonds. The van der Waals surface area contributed by atoms with E-state index in [1.165, 1.54) is 6.42 Å². The Bertz CT molecular complexity index is 301. The van der Waals surface area contributed by atoms with Crippen molar-refractivity contribution in [1.82, 2.24) is 16.0 Å². The molecule has 0 bridgehead atoms. The molecule has 0 aromatic heterocycles. The van der Waals surface area contributed by atoms with Crippen LogP contribution in [0.15, 0.2) is 0 Å². The number of hydrogen-bond acceptors (Lipinski definition) is 3. The quantitative estimate of drug-likeness (QED) is 0.643. The Morgan fingerprint density at radius 2 is 1.72 bits per heavy atom. The van der Waals surface area contributed by atoms with Crippen molar-refractivity contribution in [2.24, 2.45) is 5.92 Å². The number of carbonyl (C=O) groups excluding carboxylic acids is 2. The van der Waals surface area contributed by atoms with Gasteiger partial charge in [-0.25, -0.2) is 0 Å². The van der Waals surface area contributed by atoms with E-state index in [4.69, 9.17) is 0 Å². The number of nitrogens with one attached hydrogen (secondary N) is 3. The van der Waals surface area contributed by atoms with Gasteiger partial charge in [0.05, 0.1) is 6.04 Å². The Balaban J connectivity index is 2.52. The van der Waals surface area contributed by atoms with Crippen LogP contribution >= 0.6 is 0 Å². The summed E-state index contributed by atoms with van der Waals surface area (Å²) in [4.78, 5) is 23.9. The predicted octanol–water partition coefficient (Wildman–Crippen LogP) is 0.404. The molecule has 1 rings (SSSR count). The van der Waals surface area contributed by atoms with Gasteiger partial charge in [-0.3, -0.25) is 9.59 Å². The van der Waals surface area contributed by atoms with Crippen LogP contribution in [-0.4, -0.2) is 37.0 Å². The molecule has 1 aliphatic carbocycles. The maximum atomic E-state index is 12.1. The molecule has 0 spiro atoms. The van der Waals surface area contributed by atoms with Crippen LogP contribution in [0.2, 0.25) is 0 Å². The first-order valence-electron chi connectivity index (χ1n) is 6.73. The fourth-order valence-corrected chi connectivity index (χ4v) is 1.79. The Morgan fingerprint density at radius 3 is 2.11 bits per heavy atom. The normalized spacial score (nSPS) is 18.9. The van der Waals surface area contributed by atoms with Gasteiger partial charge in [-0.15, -0.1) is 0 Å². The molecule has 0 radical (unpaired) electrons. The maximum absolute atomic E-state index is 12.1. The highest BCUT2D eigenvalue weighted by Crippen LogP contribution is 2.18. The molecule has 18 heavy (non-hydrogen) atoms. The Hall–Kier alpha value is -1.10. The zero-order valence-electron chi connectivity index (χ0n) is 11.7. The molecule has 5 nitrogen and oxygen atoms in total. The molecule has 0 heterocycles. The molecule has 5 heteroatoms. The molecule has 1 unspecified atom stereocenters. The number of amides is 2. The van der Waals surface area contributed by atoms with Crippen LogP contribution in [0.5, 0.6) is 0 Å². The van der Waals surface area contributed by atoms with Crippen molar-refractivity contribution in [3.63, 3.8) is 0 Å². The minimum atomic E-state index is -0.450. The molecule has 0 aromatic carbocycles. The summed E-state index contributed by atoms with van der Waals surface area (Å²) >= 11 is 0. The van der Waals surface area contributed by atoms with Gasteiger partial charge in [-0.05, 0) is 39.2 Å². The average molecular weight is 255 g/mol. The standard InChI is InChI=1S/C13H25N3O2/c1-8(2)11(16-12(17)9(3)14-4)13(18)15-10-6-5-7-10/h8-11,14H,5-7H2,1-4H3,(H,15,18)(H,16,17)/t9-,11?/m0/s1. The fraction of sp³-hybridized carbons (Fsp3) is 0.846. The molecule has 0 aromatic rings. The van der Waals surface area contributed by atoms with Crippen molar-refractivity contribution >= 4 is 11.8 Å². The molecule has 0 aliphatic heterocycles. The second-order valence-corrected chi connectivity index (χ2v) is 5.38. The summed E-state index contributed by atoms with van der Waals surface area (Å²) < 4.78 is 0. The Labute approximate surface area is 109 Å². The SMILES string of the molecule is CN[C@@H](C)C(=O)NC(C(=O)NC1CCC1)C(C)C. The van der Waals surface area contributed by atoms with E-state index >= 15 is 0 Å². The van der Waals surface area contributed by atoms with E-state index in [-0.39, 0.29) is 23.8 Å². The van der Waals surface area contributed by atoms with Crippen LogP contribution in [0.4, 0.5) is 0 Å². The second-order valence-electron chi connectivity index (χ2n) is 5.38. The van der Waals surface area contributed by atoms with Crippen LogP contribution in [0.1, 0.15) is 40.0 Å². The van der Waals surface area contributed by atoms with Crippen LogP contribution in [0.25, 0.3) is 0 Å². The van der Waals surface area contributed by atoms with Crippen molar-refractivity contribution in [2.45, 2.75) is 58.2 Å². The lowest BCUT2D eigenvalue weighted by Crippen LogP contribution is -2.55. The Morgan fingerprint density at radius 1 is 1.11 bits per heavy atom. The van der Waals surface area contributed by atoms with Crippen molar-refractivity contribution in [3.8, 4) is 0 Å². The summed E-state index contributed by atoms with van der Waals surface area (Å²) in [5, 5.41) is 8.66. The monoisotopic (exact) mass is 255 g/mol. The van der Waals surface area contributed by atoms with Gasteiger partial charge in [-0.1, -0.05) is 13.8 Å². The van der Waals surface area contributed by atoms with Crippen LogP contribution in [0, 0.1) is 5.92 Å². The van der Waals surface area contributed by atoms with Gasteiger partial charge >= 0.3 is 0 Å². The zero-order valence-corrected chi connectivity index (χ0v) is 11.7. The van der Waals surface area contributed by atoms with Crippen molar-refractivity contribution in [1.29, 1.82) is 0 Å². The summed E-state index contributed by atoms with van der Waals surface area (Å²) in [6.45, 7) is 5.65. The van der Waals surface area contributed by atoms with Crippen molar-refractivity contribution in [3.05, 3.63) is 0 Å². The van der Waals surface area contributed by atoms with E-state index < -0.39 is 6.04 Å². The number of likely N-dealkylation sites (N-methyl/N-ethyl adjacent to an activating group) is 1. The van der Waals surface area contributed by atoms with Crippen LogP contribution in [0.3, 0.4) is 0 Å². The lowest BCUT2D eigenvalue weighted by atomic mass is 9.92. The highest BCUT2D eigenvalue weighted by Gasteiger charge is 2.28. The summed E-state index contributed by atoms with van der Waals surface area (Å²) in [5.74, 6) is -0.121. The second kappa shape index (κ2) is 6.73. The summed E-state index contributed by atoms with van der Waals surface area (Å²) in [7, 11) is 1.73. The topological polar surface area (TPSA) is 70.2 Å². The van der Waals surface area contributed by atoms with E-state index in [9.17, 15) is 9.59 Å². The number of rotatable bonds is 6.